The Morgan fingerprint density at radius 3 is 0.835 bits per heavy atom. The molecule has 0 aromatic carbocycles. The molecule has 0 fully saturated rings. The lowest BCUT2D eigenvalue weighted by Crippen LogP contribution is -2.45. The molecule has 0 aromatic rings. The molecule has 0 aliphatic carbocycles. The molecule has 6 heteroatoms. The van der Waals surface area contributed by atoms with Gasteiger partial charge in [-0.15, -0.1) is 0 Å². The summed E-state index contributed by atoms with van der Waals surface area (Å²) in [5, 5.41) is 23.4. The lowest BCUT2D eigenvalue weighted by atomic mass is 10.0. The van der Waals surface area contributed by atoms with E-state index in [2.05, 4.69) is 43.5 Å². The first kappa shape index (κ1) is 83.3. The minimum Gasteiger partial charge on any atom is -0.466 e. The van der Waals surface area contributed by atoms with Gasteiger partial charge in [-0.1, -0.05) is 378 Å². The first-order valence-electron chi connectivity index (χ1n) is 39.1. The third-order valence-electron chi connectivity index (χ3n) is 18.5. The van der Waals surface area contributed by atoms with E-state index in [1.54, 1.807) is 0 Å². The number of hydrogen-bond acceptors (Lipinski definition) is 5. The van der Waals surface area contributed by atoms with E-state index < -0.39 is 12.1 Å². The number of aliphatic hydroxyl groups excluding tert-OH is 2. The van der Waals surface area contributed by atoms with Crippen molar-refractivity contribution in [1.29, 1.82) is 0 Å². The molecule has 85 heavy (non-hydrogen) atoms. The highest BCUT2D eigenvalue weighted by Gasteiger charge is 2.20. The van der Waals surface area contributed by atoms with Gasteiger partial charge in [0.15, 0.2) is 0 Å². The van der Waals surface area contributed by atoms with Crippen LogP contribution in [-0.4, -0.2) is 47.4 Å². The molecule has 2 atom stereocenters. The molecule has 3 N–H and O–H groups in total. The number of allylic oxidation sites excluding steroid dienone is 4. The second kappa shape index (κ2) is 74.8. The van der Waals surface area contributed by atoms with Gasteiger partial charge in [-0.25, -0.2) is 0 Å². The van der Waals surface area contributed by atoms with E-state index in [0.29, 0.717) is 25.9 Å². The standard InChI is InChI=1S/C79H153NO5/c1-3-5-7-9-11-13-15-17-19-20-21-37-40-44-47-51-55-59-63-67-71-77(82)76(75-81)80-78(83)72-68-64-60-56-52-48-45-41-38-35-33-31-29-27-25-23-22-24-26-28-30-32-34-36-39-42-46-50-54-58-62-66-70-74-85-79(84)73-69-65-61-57-53-49-43-18-16-14-12-10-8-6-4-2/h18,26,28,43,76-77,81-82H,3-17,19-25,27,29-42,44-75H2,1-2H3,(H,80,83)/b28-26-,43-18-. The Labute approximate surface area is 532 Å². The molecule has 0 rings (SSSR count). The maximum Gasteiger partial charge on any atom is 0.305 e. The molecule has 0 radical (unpaired) electrons. The fourth-order valence-electron chi connectivity index (χ4n) is 12.5. The van der Waals surface area contributed by atoms with Crippen LogP contribution in [0.4, 0.5) is 0 Å². The van der Waals surface area contributed by atoms with Gasteiger partial charge in [-0.05, 0) is 77.0 Å². The van der Waals surface area contributed by atoms with Gasteiger partial charge in [0, 0.05) is 12.8 Å². The molecule has 0 saturated heterocycles. The van der Waals surface area contributed by atoms with Crippen molar-refractivity contribution in [2.24, 2.45) is 0 Å². The molecule has 0 bridgehead atoms. The minimum atomic E-state index is -0.663. The molecule has 0 heterocycles. The molecule has 0 aliphatic rings. The van der Waals surface area contributed by atoms with Crippen LogP contribution in [0, 0.1) is 0 Å². The van der Waals surface area contributed by atoms with Crippen LogP contribution in [0.1, 0.15) is 444 Å². The van der Waals surface area contributed by atoms with Gasteiger partial charge in [0.25, 0.3) is 0 Å². The van der Waals surface area contributed by atoms with Crippen LogP contribution in [0.2, 0.25) is 0 Å². The third kappa shape index (κ3) is 71.3. The number of amides is 1. The van der Waals surface area contributed by atoms with Crippen LogP contribution in [0.5, 0.6) is 0 Å². The maximum atomic E-state index is 12.6. The molecular formula is C79H153NO5. The van der Waals surface area contributed by atoms with Crippen LogP contribution >= 0.6 is 0 Å². The summed E-state index contributed by atoms with van der Waals surface area (Å²) in [6.45, 7) is 4.99. The van der Waals surface area contributed by atoms with Crippen molar-refractivity contribution in [3.05, 3.63) is 24.3 Å². The van der Waals surface area contributed by atoms with Crippen LogP contribution in [0.25, 0.3) is 0 Å². The van der Waals surface area contributed by atoms with Crippen LogP contribution in [0.15, 0.2) is 24.3 Å². The Balaban J connectivity index is 3.35. The molecule has 504 valence electrons. The first-order chi connectivity index (χ1) is 42.0. The summed E-state index contributed by atoms with van der Waals surface area (Å²) in [4.78, 5) is 24.6. The molecule has 0 spiro atoms. The van der Waals surface area contributed by atoms with Crippen molar-refractivity contribution in [2.75, 3.05) is 13.2 Å². The SMILES string of the molecule is CCCCCCCC/C=C\CCCCCCCC(=O)OCCCCCCCCCCCCCC/C=C\CCCCCCCCCCCCCCCCCCCC(=O)NC(CO)C(O)CCCCCCCCCCCCCCCCCCCCCC. The number of carbonyl (C=O) groups is 2. The maximum absolute atomic E-state index is 12.6. The van der Waals surface area contributed by atoms with E-state index in [4.69, 9.17) is 4.74 Å². The van der Waals surface area contributed by atoms with E-state index in [1.807, 2.05) is 0 Å². The largest absolute Gasteiger partial charge is 0.466 e. The smallest absolute Gasteiger partial charge is 0.305 e. The Morgan fingerprint density at radius 2 is 0.553 bits per heavy atom. The number of hydrogen-bond donors (Lipinski definition) is 3. The fraction of sp³-hybridized carbons (Fsp3) is 0.924. The highest BCUT2D eigenvalue weighted by atomic mass is 16.5. The number of carbonyl (C=O) groups excluding carboxylic acids is 2. The van der Waals surface area contributed by atoms with E-state index in [0.717, 1.165) is 44.9 Å². The quantitative estimate of drug-likeness (QED) is 0.0320. The summed E-state index contributed by atoms with van der Waals surface area (Å²) in [5.41, 5.74) is 0. The van der Waals surface area contributed by atoms with Gasteiger partial charge < -0.3 is 20.3 Å². The summed E-state index contributed by atoms with van der Waals surface area (Å²) in [7, 11) is 0. The molecule has 6 nitrogen and oxygen atoms in total. The first-order valence-corrected chi connectivity index (χ1v) is 39.1. The Bertz CT molecular complexity index is 1330. The van der Waals surface area contributed by atoms with Crippen LogP contribution in [-0.2, 0) is 14.3 Å². The van der Waals surface area contributed by atoms with E-state index in [1.165, 1.54) is 366 Å². The molecule has 0 saturated carbocycles. The van der Waals surface area contributed by atoms with Gasteiger partial charge >= 0.3 is 5.97 Å². The Kier molecular flexibility index (Phi) is 73.3. The number of ether oxygens (including phenoxy) is 1. The lowest BCUT2D eigenvalue weighted by molar-refractivity contribution is -0.143. The Hall–Kier alpha value is -1.66. The van der Waals surface area contributed by atoms with Crippen molar-refractivity contribution in [1.82, 2.24) is 5.32 Å². The lowest BCUT2D eigenvalue weighted by Gasteiger charge is -2.22. The highest BCUT2D eigenvalue weighted by Crippen LogP contribution is 2.20. The molecule has 1 amide bonds. The van der Waals surface area contributed by atoms with Crippen molar-refractivity contribution >= 4 is 11.9 Å². The topological polar surface area (TPSA) is 95.9 Å². The van der Waals surface area contributed by atoms with Gasteiger partial charge in [0.05, 0.1) is 25.4 Å². The summed E-state index contributed by atoms with van der Waals surface area (Å²) in [5.74, 6) is -0.0152. The van der Waals surface area contributed by atoms with Crippen molar-refractivity contribution < 1.29 is 24.5 Å². The summed E-state index contributed by atoms with van der Waals surface area (Å²) < 4.78 is 5.50. The predicted molar refractivity (Wildman–Crippen MR) is 375 cm³/mol. The zero-order valence-corrected chi connectivity index (χ0v) is 57.9. The number of esters is 1. The average molecular weight is 1200 g/mol. The third-order valence-corrected chi connectivity index (χ3v) is 18.5. The van der Waals surface area contributed by atoms with Crippen LogP contribution in [0.3, 0.4) is 0 Å². The minimum absolute atomic E-state index is 0.0117. The van der Waals surface area contributed by atoms with Crippen molar-refractivity contribution in [2.45, 2.75) is 456 Å². The summed E-state index contributed by atoms with van der Waals surface area (Å²) in [6, 6.07) is -0.540. The predicted octanol–water partition coefficient (Wildman–Crippen LogP) is 25.7. The van der Waals surface area contributed by atoms with E-state index in [-0.39, 0.29) is 18.5 Å². The van der Waals surface area contributed by atoms with Gasteiger partial charge in [-0.2, -0.15) is 0 Å². The normalized spacial score (nSPS) is 12.6. The number of aliphatic hydroxyl groups is 2. The zero-order chi connectivity index (χ0) is 61.3. The second-order valence-electron chi connectivity index (χ2n) is 27.0. The fourth-order valence-corrected chi connectivity index (χ4v) is 12.5. The van der Waals surface area contributed by atoms with Gasteiger partial charge in [0.2, 0.25) is 5.91 Å². The number of unbranched alkanes of at least 4 members (excludes halogenated alkanes) is 59. The van der Waals surface area contributed by atoms with Gasteiger partial charge in [0.1, 0.15) is 0 Å². The molecule has 0 aliphatic heterocycles. The monoisotopic (exact) mass is 1200 g/mol. The van der Waals surface area contributed by atoms with Gasteiger partial charge in [-0.3, -0.25) is 9.59 Å². The molecular weight excluding hydrogens is 1040 g/mol. The molecule has 0 aromatic heterocycles. The number of rotatable bonds is 74. The summed E-state index contributed by atoms with van der Waals surface area (Å²) >= 11 is 0. The number of nitrogens with one attached hydrogen (secondary N) is 1. The van der Waals surface area contributed by atoms with Crippen LogP contribution < -0.4 is 5.32 Å². The Morgan fingerprint density at radius 1 is 0.318 bits per heavy atom. The van der Waals surface area contributed by atoms with E-state index in [9.17, 15) is 19.8 Å². The summed E-state index contributed by atoms with van der Waals surface area (Å²) in [6.07, 6.45) is 95.5. The second-order valence-corrected chi connectivity index (χ2v) is 27.0. The van der Waals surface area contributed by atoms with Crippen molar-refractivity contribution in [3.63, 3.8) is 0 Å². The average Bonchev–Trinajstić information content (AvgIpc) is 3.51. The zero-order valence-electron chi connectivity index (χ0n) is 57.9. The van der Waals surface area contributed by atoms with Crippen molar-refractivity contribution in [3.8, 4) is 0 Å². The highest BCUT2D eigenvalue weighted by molar-refractivity contribution is 5.76. The molecule has 2 unspecified atom stereocenters. The van der Waals surface area contributed by atoms with E-state index >= 15 is 0 Å².